The predicted octanol–water partition coefficient (Wildman–Crippen LogP) is 5.21. The lowest BCUT2D eigenvalue weighted by Crippen LogP contribution is -2.31. The van der Waals surface area contributed by atoms with Crippen LogP contribution in [0.5, 0.6) is 11.5 Å². The largest absolute Gasteiger partial charge is 0.493 e. The molecule has 3 aromatic carbocycles. The van der Waals surface area contributed by atoms with E-state index in [4.69, 9.17) is 13.9 Å². The maximum atomic E-state index is 13.8. The van der Waals surface area contributed by atoms with Gasteiger partial charge in [0.2, 0.25) is 5.76 Å². The lowest BCUT2D eigenvalue weighted by atomic mass is 9.97. The monoisotopic (exact) mass is 469 g/mol. The van der Waals surface area contributed by atoms with E-state index in [0.29, 0.717) is 41.0 Å². The summed E-state index contributed by atoms with van der Waals surface area (Å²) >= 11 is 0. The fourth-order valence-corrected chi connectivity index (χ4v) is 5.01. The molecule has 1 aliphatic rings. The van der Waals surface area contributed by atoms with Gasteiger partial charge in [0.15, 0.2) is 16.9 Å². The second kappa shape index (κ2) is 8.95. The number of carbonyl (C=O) groups excluding carboxylic acids is 1. The molecule has 1 unspecified atom stereocenters. The summed E-state index contributed by atoms with van der Waals surface area (Å²) in [5.41, 5.74) is 4.42. The van der Waals surface area contributed by atoms with Gasteiger partial charge in [-0.15, -0.1) is 0 Å². The molecule has 0 N–H and O–H groups in total. The minimum absolute atomic E-state index is 0.133. The Morgan fingerprint density at radius 3 is 2.37 bits per heavy atom. The number of fused-ring (bicyclic) bond motifs is 2. The zero-order valence-electron chi connectivity index (χ0n) is 20.3. The maximum Gasteiger partial charge on any atom is 0.290 e. The van der Waals surface area contributed by atoms with Gasteiger partial charge < -0.3 is 18.8 Å². The second-order valence-corrected chi connectivity index (χ2v) is 8.88. The summed E-state index contributed by atoms with van der Waals surface area (Å²) in [6, 6.07) is 18.6. The number of carbonyl (C=O) groups is 1. The fraction of sp³-hybridized carbons (Fsp3) is 0.241. The summed E-state index contributed by atoms with van der Waals surface area (Å²) in [7, 11) is 3.19. The van der Waals surface area contributed by atoms with Crippen LogP contribution in [0.25, 0.3) is 11.0 Å². The Kier molecular flexibility index (Phi) is 5.81. The molecule has 2 heterocycles. The molecule has 0 bridgehead atoms. The first-order chi connectivity index (χ1) is 16.9. The van der Waals surface area contributed by atoms with E-state index in [9.17, 15) is 9.59 Å². The van der Waals surface area contributed by atoms with Gasteiger partial charge in [0, 0.05) is 6.54 Å². The molecule has 6 heteroatoms. The second-order valence-electron chi connectivity index (χ2n) is 8.88. The van der Waals surface area contributed by atoms with E-state index < -0.39 is 6.04 Å². The normalized spacial score (nSPS) is 14.9. The van der Waals surface area contributed by atoms with Crippen molar-refractivity contribution in [3.63, 3.8) is 0 Å². The highest BCUT2D eigenvalue weighted by molar-refractivity contribution is 5.99. The molecule has 0 radical (unpaired) electrons. The highest BCUT2D eigenvalue weighted by Gasteiger charge is 2.42. The molecular formula is C29H27NO5. The van der Waals surface area contributed by atoms with Crippen LogP contribution in [-0.4, -0.2) is 31.6 Å². The molecule has 0 aliphatic carbocycles. The van der Waals surface area contributed by atoms with Crippen LogP contribution in [0, 0.1) is 13.8 Å². The number of benzene rings is 3. The number of hydrogen-bond donors (Lipinski definition) is 0. The number of rotatable bonds is 6. The van der Waals surface area contributed by atoms with Crippen LogP contribution in [0.15, 0.2) is 69.9 Å². The van der Waals surface area contributed by atoms with Gasteiger partial charge in [-0.2, -0.15) is 0 Å². The Morgan fingerprint density at radius 2 is 1.66 bits per heavy atom. The molecule has 1 aromatic heterocycles. The topological polar surface area (TPSA) is 69.0 Å². The molecule has 5 rings (SSSR count). The third kappa shape index (κ3) is 3.85. The first-order valence-corrected chi connectivity index (χ1v) is 11.6. The average Bonchev–Trinajstić information content (AvgIpc) is 3.14. The molecule has 35 heavy (non-hydrogen) atoms. The highest BCUT2D eigenvalue weighted by Crippen LogP contribution is 2.39. The Hall–Kier alpha value is -4.06. The van der Waals surface area contributed by atoms with Gasteiger partial charge in [0.05, 0.1) is 31.2 Å². The van der Waals surface area contributed by atoms with Crippen molar-refractivity contribution in [1.82, 2.24) is 4.90 Å². The smallest absolute Gasteiger partial charge is 0.290 e. The first kappa shape index (κ1) is 22.7. The predicted molar refractivity (Wildman–Crippen MR) is 135 cm³/mol. The van der Waals surface area contributed by atoms with Crippen molar-refractivity contribution in [2.45, 2.75) is 26.3 Å². The van der Waals surface area contributed by atoms with E-state index in [2.05, 4.69) is 0 Å². The van der Waals surface area contributed by atoms with Gasteiger partial charge in [-0.1, -0.05) is 42.5 Å². The average molecular weight is 470 g/mol. The Labute approximate surface area is 203 Å². The van der Waals surface area contributed by atoms with E-state index in [1.165, 1.54) is 0 Å². The summed E-state index contributed by atoms with van der Waals surface area (Å²) in [6.07, 6.45) is 0.579. The maximum absolute atomic E-state index is 13.8. The summed E-state index contributed by atoms with van der Waals surface area (Å²) < 4.78 is 16.9. The van der Waals surface area contributed by atoms with Crippen LogP contribution in [0.1, 0.15) is 44.4 Å². The van der Waals surface area contributed by atoms with Gasteiger partial charge in [0.25, 0.3) is 5.91 Å². The summed E-state index contributed by atoms with van der Waals surface area (Å²) in [6.45, 7) is 4.26. The SMILES string of the molecule is COc1ccc(CCN2C(=O)c3oc4cc(C)cc(C)c4c(=O)c3C2c2ccccc2)cc1OC. The zero-order valence-corrected chi connectivity index (χ0v) is 20.3. The standard InChI is InChI=1S/C29H27NO5/c1-17-14-18(2)24-23(15-17)35-28-25(27(24)31)26(20-8-6-5-7-9-20)30(29(28)32)13-12-19-10-11-21(33-3)22(16-19)34-4/h5-11,14-16,26H,12-13H2,1-4H3. The third-order valence-electron chi connectivity index (χ3n) is 6.62. The zero-order chi connectivity index (χ0) is 24.7. The van der Waals surface area contributed by atoms with Gasteiger partial charge in [-0.25, -0.2) is 0 Å². The number of aryl methyl sites for hydroxylation is 2. The number of methoxy groups -OCH3 is 2. The molecule has 0 spiro atoms. The summed E-state index contributed by atoms with van der Waals surface area (Å²) in [5, 5.41) is 0.532. The molecule has 1 amide bonds. The van der Waals surface area contributed by atoms with Gasteiger partial charge in [0.1, 0.15) is 5.58 Å². The van der Waals surface area contributed by atoms with Crippen LogP contribution in [-0.2, 0) is 6.42 Å². The number of amides is 1. The van der Waals surface area contributed by atoms with Crippen LogP contribution >= 0.6 is 0 Å². The lowest BCUT2D eigenvalue weighted by Gasteiger charge is -2.25. The summed E-state index contributed by atoms with van der Waals surface area (Å²) in [5.74, 6) is 1.14. The van der Waals surface area contributed by atoms with Crippen LogP contribution in [0.2, 0.25) is 0 Å². The number of hydrogen-bond acceptors (Lipinski definition) is 5. The Balaban J connectivity index is 1.60. The van der Waals surface area contributed by atoms with Gasteiger partial charge >= 0.3 is 0 Å². The van der Waals surface area contributed by atoms with Crippen LogP contribution in [0.3, 0.4) is 0 Å². The molecule has 1 aliphatic heterocycles. The summed E-state index contributed by atoms with van der Waals surface area (Å²) in [4.78, 5) is 29.2. The number of ether oxygens (including phenoxy) is 2. The Bertz CT molecular complexity index is 1490. The molecule has 0 saturated carbocycles. The fourth-order valence-electron chi connectivity index (χ4n) is 5.01. The molecule has 178 valence electrons. The van der Waals surface area contributed by atoms with Gasteiger partial charge in [-0.05, 0) is 60.7 Å². The molecule has 0 saturated heterocycles. The first-order valence-electron chi connectivity index (χ1n) is 11.6. The lowest BCUT2D eigenvalue weighted by molar-refractivity contribution is 0.0730. The van der Waals surface area contributed by atoms with Crippen LogP contribution < -0.4 is 14.9 Å². The Morgan fingerprint density at radius 1 is 0.914 bits per heavy atom. The molecule has 1 atom stereocenters. The van der Waals surface area contributed by atoms with Crippen molar-refractivity contribution in [2.24, 2.45) is 0 Å². The van der Waals surface area contributed by atoms with E-state index in [-0.39, 0.29) is 17.1 Å². The molecule has 0 fully saturated rings. The van der Waals surface area contributed by atoms with Crippen molar-refractivity contribution in [1.29, 1.82) is 0 Å². The van der Waals surface area contributed by atoms with Crippen molar-refractivity contribution in [3.8, 4) is 11.5 Å². The quantitative estimate of drug-likeness (QED) is 0.388. The molecular weight excluding hydrogens is 442 g/mol. The van der Waals surface area contributed by atoms with E-state index in [1.54, 1.807) is 19.1 Å². The molecule has 6 nitrogen and oxygen atoms in total. The van der Waals surface area contributed by atoms with Crippen molar-refractivity contribution in [3.05, 3.63) is 104 Å². The van der Waals surface area contributed by atoms with E-state index in [1.807, 2.05) is 74.5 Å². The minimum Gasteiger partial charge on any atom is -0.493 e. The molecule has 4 aromatic rings. The minimum atomic E-state index is -0.514. The number of nitrogens with zero attached hydrogens (tertiary/aromatic N) is 1. The van der Waals surface area contributed by atoms with Crippen molar-refractivity contribution >= 4 is 16.9 Å². The van der Waals surface area contributed by atoms with Crippen LogP contribution in [0.4, 0.5) is 0 Å². The van der Waals surface area contributed by atoms with E-state index >= 15 is 0 Å². The van der Waals surface area contributed by atoms with Crippen molar-refractivity contribution in [2.75, 3.05) is 20.8 Å². The highest BCUT2D eigenvalue weighted by atomic mass is 16.5. The third-order valence-corrected chi connectivity index (χ3v) is 6.62. The van der Waals surface area contributed by atoms with E-state index in [0.717, 1.165) is 22.3 Å². The van der Waals surface area contributed by atoms with Crippen molar-refractivity contribution < 1.29 is 18.7 Å². The van der Waals surface area contributed by atoms with Gasteiger partial charge in [-0.3, -0.25) is 9.59 Å².